The van der Waals surface area contributed by atoms with Gasteiger partial charge in [0, 0.05) is 28.5 Å². The van der Waals surface area contributed by atoms with Crippen molar-refractivity contribution >= 4 is 32.2 Å². The zero-order valence-corrected chi connectivity index (χ0v) is 10.3. The molecule has 1 heterocycles. The van der Waals surface area contributed by atoms with Crippen LogP contribution in [0.25, 0.3) is 10.1 Å². The number of fused-ring (bicyclic) bond motifs is 1. The van der Waals surface area contributed by atoms with E-state index in [9.17, 15) is 13.2 Å². The van der Waals surface area contributed by atoms with Crippen molar-refractivity contribution in [2.75, 3.05) is 0 Å². The average molecular weight is 278 g/mol. The zero-order chi connectivity index (χ0) is 12.2. The highest BCUT2D eigenvalue weighted by molar-refractivity contribution is 7.38. The molecule has 0 spiro atoms. The third kappa shape index (κ3) is 1.93. The second-order valence-electron chi connectivity index (χ2n) is 4.26. The van der Waals surface area contributed by atoms with Crippen LogP contribution < -0.4 is 0 Å². The third-order valence-electron chi connectivity index (χ3n) is 2.94. The van der Waals surface area contributed by atoms with E-state index in [1.165, 1.54) is 6.07 Å². The lowest BCUT2D eigenvalue weighted by Crippen LogP contribution is -1.97. The van der Waals surface area contributed by atoms with Gasteiger partial charge in [-0.05, 0) is 25.0 Å². The van der Waals surface area contributed by atoms with Crippen molar-refractivity contribution in [2.24, 2.45) is 0 Å². The minimum atomic E-state index is -4.19. The number of rotatable bonds is 1. The first kappa shape index (κ1) is 11.4. The lowest BCUT2D eigenvalue weighted by atomic mass is 10.2. The molecule has 1 aromatic carbocycles. The van der Waals surface area contributed by atoms with Gasteiger partial charge in [-0.3, -0.25) is 0 Å². The van der Waals surface area contributed by atoms with Gasteiger partial charge in [0.25, 0.3) is 0 Å². The maximum Gasteiger partial charge on any atom is 0.600 e. The molecule has 1 fully saturated rings. The van der Waals surface area contributed by atoms with Crippen molar-refractivity contribution in [2.45, 2.75) is 24.3 Å². The van der Waals surface area contributed by atoms with Gasteiger partial charge in [-0.15, -0.1) is 13.2 Å². The summed E-state index contributed by atoms with van der Waals surface area (Å²) in [6, 6.07) is 6.49. The molecule has 17 heavy (non-hydrogen) atoms. The Balaban J connectivity index is 2.32. The number of hydrogen-bond donors (Lipinski definition) is 0. The number of halogens is 4. The lowest BCUT2D eigenvalue weighted by molar-refractivity contribution is -0.0867. The van der Waals surface area contributed by atoms with Gasteiger partial charge in [-0.2, -0.15) is 0 Å². The molecular formula is C12H9ClF3S+. The van der Waals surface area contributed by atoms with Gasteiger partial charge < -0.3 is 0 Å². The number of thiophene rings is 1. The van der Waals surface area contributed by atoms with Crippen LogP contribution in [-0.4, -0.2) is 0 Å². The third-order valence-corrected chi connectivity index (χ3v) is 5.35. The largest absolute Gasteiger partial charge is 0.600 e. The van der Waals surface area contributed by atoms with Crippen LogP contribution in [0.3, 0.4) is 0 Å². The van der Waals surface area contributed by atoms with Crippen LogP contribution in [0, 0.1) is 0 Å². The Labute approximate surface area is 104 Å². The standard InChI is InChI=1S/C12H9ClF3S/c13-9-4-3-8-5-10(7-1-2-7)17(11(8)6-9)12(14,15)16/h3-7H,1-2H2/q+1. The van der Waals surface area contributed by atoms with E-state index in [0.29, 0.717) is 20.0 Å². The Hall–Kier alpha value is -0.740. The summed E-state index contributed by atoms with van der Waals surface area (Å²) in [5.41, 5.74) is -4.19. The quantitative estimate of drug-likeness (QED) is 0.596. The summed E-state index contributed by atoms with van der Waals surface area (Å²) in [5, 5.41) is 1.05. The number of benzene rings is 1. The Kier molecular flexibility index (Phi) is 2.42. The van der Waals surface area contributed by atoms with E-state index in [1.807, 2.05) is 0 Å². The molecule has 1 unspecified atom stereocenters. The van der Waals surface area contributed by atoms with Crippen molar-refractivity contribution in [3.8, 4) is 0 Å². The molecule has 90 valence electrons. The van der Waals surface area contributed by atoms with Crippen LogP contribution in [0.2, 0.25) is 5.02 Å². The molecule has 0 radical (unpaired) electrons. The van der Waals surface area contributed by atoms with Crippen molar-refractivity contribution in [1.82, 2.24) is 0 Å². The summed E-state index contributed by atoms with van der Waals surface area (Å²) >= 11 is 5.80. The molecule has 0 saturated heterocycles. The first-order valence-corrected chi connectivity index (χ1v) is 6.89. The van der Waals surface area contributed by atoms with Gasteiger partial charge in [-0.25, -0.2) is 0 Å². The summed E-state index contributed by atoms with van der Waals surface area (Å²) in [7, 11) is -1.76. The molecule has 1 aromatic heterocycles. The van der Waals surface area contributed by atoms with Crippen molar-refractivity contribution in [3.05, 3.63) is 34.2 Å². The minimum absolute atomic E-state index is 0.131. The fourth-order valence-corrected chi connectivity index (χ4v) is 4.48. The van der Waals surface area contributed by atoms with E-state index < -0.39 is 16.0 Å². The zero-order valence-electron chi connectivity index (χ0n) is 8.72. The molecule has 1 aliphatic carbocycles. The second-order valence-corrected chi connectivity index (χ2v) is 6.68. The summed E-state index contributed by atoms with van der Waals surface area (Å²) < 4.78 is 39.8. The minimum Gasteiger partial charge on any atom is -0.118 e. The maximum atomic E-state index is 13.1. The topological polar surface area (TPSA) is 0 Å². The van der Waals surface area contributed by atoms with E-state index in [0.717, 1.165) is 12.8 Å². The van der Waals surface area contributed by atoms with Gasteiger partial charge in [0.2, 0.25) is 0 Å². The Morgan fingerprint density at radius 2 is 1.88 bits per heavy atom. The molecule has 1 aliphatic rings. The maximum absolute atomic E-state index is 13.1. The fourth-order valence-electron chi connectivity index (χ4n) is 2.05. The molecule has 2 aromatic rings. The molecule has 1 atom stereocenters. The van der Waals surface area contributed by atoms with Crippen LogP contribution >= 0.6 is 22.1 Å². The summed E-state index contributed by atoms with van der Waals surface area (Å²) in [6.45, 7) is 0. The molecule has 0 amide bonds. The van der Waals surface area contributed by atoms with E-state index >= 15 is 0 Å². The Morgan fingerprint density at radius 3 is 2.47 bits per heavy atom. The molecular weight excluding hydrogens is 269 g/mol. The van der Waals surface area contributed by atoms with Crippen molar-refractivity contribution in [3.63, 3.8) is 0 Å². The van der Waals surface area contributed by atoms with Crippen LogP contribution in [-0.2, 0) is 5.51 Å². The predicted molar refractivity (Wildman–Crippen MR) is 64.7 cm³/mol. The molecule has 0 aliphatic heterocycles. The first-order chi connectivity index (χ1) is 7.97. The monoisotopic (exact) mass is 277 g/mol. The normalized spacial score (nSPS) is 17.8. The SMILES string of the molecule is FC(F)(F)[s+]1c(C2CC2)cc2ccc(Cl)cc21. The summed E-state index contributed by atoms with van der Waals surface area (Å²) in [5.74, 6) is 0.131. The number of alkyl halides is 3. The summed E-state index contributed by atoms with van der Waals surface area (Å²) in [4.78, 5) is 0.551. The van der Waals surface area contributed by atoms with Crippen LogP contribution in [0.15, 0.2) is 24.3 Å². The van der Waals surface area contributed by atoms with E-state index in [1.54, 1.807) is 18.2 Å². The molecule has 0 N–H and O–H groups in total. The Morgan fingerprint density at radius 1 is 1.18 bits per heavy atom. The van der Waals surface area contributed by atoms with Gasteiger partial charge in [0.05, 0.1) is 10.5 Å². The van der Waals surface area contributed by atoms with Gasteiger partial charge in [0.1, 0.15) is 0 Å². The molecule has 0 nitrogen and oxygen atoms in total. The molecule has 3 rings (SSSR count). The molecule has 1 saturated carbocycles. The van der Waals surface area contributed by atoms with Crippen LogP contribution in [0.4, 0.5) is 13.2 Å². The fraction of sp³-hybridized carbons (Fsp3) is 0.333. The van der Waals surface area contributed by atoms with Gasteiger partial charge >= 0.3 is 5.51 Å². The van der Waals surface area contributed by atoms with Crippen LogP contribution in [0.5, 0.6) is 0 Å². The highest BCUT2D eigenvalue weighted by Gasteiger charge is 2.51. The molecule has 0 bridgehead atoms. The van der Waals surface area contributed by atoms with E-state index in [4.69, 9.17) is 11.6 Å². The second kappa shape index (κ2) is 3.62. The highest BCUT2D eigenvalue weighted by atomic mass is 35.5. The van der Waals surface area contributed by atoms with Crippen molar-refractivity contribution < 1.29 is 13.2 Å². The van der Waals surface area contributed by atoms with Gasteiger partial charge in [-0.1, -0.05) is 11.6 Å². The summed E-state index contributed by atoms with van der Waals surface area (Å²) in [6.07, 6.45) is 1.76. The van der Waals surface area contributed by atoms with E-state index in [-0.39, 0.29) is 5.92 Å². The Bertz CT molecular complexity index is 581. The predicted octanol–water partition coefficient (Wildman–Crippen LogP) is 5.60. The average Bonchev–Trinajstić information content (AvgIpc) is 2.97. The first-order valence-electron chi connectivity index (χ1n) is 5.29. The smallest absolute Gasteiger partial charge is 0.118 e. The molecule has 5 heteroatoms. The highest BCUT2D eigenvalue weighted by Crippen LogP contribution is 2.57. The van der Waals surface area contributed by atoms with Gasteiger partial charge in [0.15, 0.2) is 9.58 Å². The number of hydrogen-bond acceptors (Lipinski definition) is 0. The van der Waals surface area contributed by atoms with E-state index in [2.05, 4.69) is 0 Å². The lowest BCUT2D eigenvalue weighted by Gasteiger charge is -1.98. The van der Waals surface area contributed by atoms with Crippen molar-refractivity contribution in [1.29, 1.82) is 0 Å². The van der Waals surface area contributed by atoms with Crippen LogP contribution in [0.1, 0.15) is 23.6 Å².